The first-order chi connectivity index (χ1) is 16.6. The van der Waals surface area contributed by atoms with Crippen LogP contribution in [0.25, 0.3) is 22.3 Å². The summed E-state index contributed by atoms with van der Waals surface area (Å²) >= 11 is 1.70. The van der Waals surface area contributed by atoms with Crippen molar-refractivity contribution in [1.29, 1.82) is 0 Å². The van der Waals surface area contributed by atoms with Gasteiger partial charge in [0.15, 0.2) is 5.65 Å². The van der Waals surface area contributed by atoms with Crippen molar-refractivity contribution in [2.24, 2.45) is 0 Å². The lowest BCUT2D eigenvalue weighted by atomic mass is 10.1. The van der Waals surface area contributed by atoms with Gasteiger partial charge < -0.3 is 10.2 Å². The van der Waals surface area contributed by atoms with Gasteiger partial charge in [0, 0.05) is 34.1 Å². The molecular formula is C27H31N5O2S. The highest BCUT2D eigenvalue weighted by atomic mass is 32.1. The van der Waals surface area contributed by atoms with E-state index in [1.807, 2.05) is 56.6 Å². The van der Waals surface area contributed by atoms with Crippen LogP contribution in [0.1, 0.15) is 51.1 Å². The Balaban J connectivity index is 1.68. The van der Waals surface area contributed by atoms with Crippen LogP contribution in [0, 0.1) is 27.7 Å². The highest BCUT2D eigenvalue weighted by Crippen LogP contribution is 2.33. The number of thiophene rings is 1. The summed E-state index contributed by atoms with van der Waals surface area (Å²) in [6.45, 7) is 12.1. The second-order valence-electron chi connectivity index (χ2n) is 9.26. The molecule has 0 saturated heterocycles. The van der Waals surface area contributed by atoms with Gasteiger partial charge in [0.05, 0.1) is 29.4 Å². The van der Waals surface area contributed by atoms with Gasteiger partial charge in [-0.1, -0.05) is 12.1 Å². The molecule has 2 amide bonds. The van der Waals surface area contributed by atoms with E-state index >= 15 is 0 Å². The number of nitrogens with zero attached hydrogens (tertiary/aromatic N) is 4. The molecule has 0 aliphatic rings. The van der Waals surface area contributed by atoms with Gasteiger partial charge in [0.2, 0.25) is 5.91 Å². The van der Waals surface area contributed by atoms with Crippen molar-refractivity contribution in [2.75, 3.05) is 18.9 Å². The number of aryl methyl sites for hydroxylation is 3. The summed E-state index contributed by atoms with van der Waals surface area (Å²) in [4.78, 5) is 35.1. The van der Waals surface area contributed by atoms with Crippen molar-refractivity contribution in [3.8, 4) is 11.3 Å². The fraction of sp³-hybridized carbons (Fsp3) is 0.333. The fourth-order valence-corrected chi connectivity index (χ4v) is 5.10. The first-order valence-electron chi connectivity index (χ1n) is 11.6. The highest BCUT2D eigenvalue weighted by Gasteiger charge is 2.23. The second-order valence-corrected chi connectivity index (χ2v) is 10.7. The van der Waals surface area contributed by atoms with Crippen LogP contribution in [0.3, 0.4) is 0 Å². The number of likely N-dealkylation sites (N-methyl/N-ethyl adjacent to an activating group) is 1. The number of hydrogen-bond acceptors (Lipinski definition) is 5. The van der Waals surface area contributed by atoms with E-state index in [2.05, 4.69) is 30.3 Å². The SMILES string of the molecule is Cc1cc(-c2cc(C(=O)N(C)CC(=O)Nc3cccc(C)c3C)c3cnn(C(C)C)c3n2)c(C)s1. The zero-order valence-electron chi connectivity index (χ0n) is 21.3. The number of hydrogen-bond donors (Lipinski definition) is 1. The summed E-state index contributed by atoms with van der Waals surface area (Å²) in [5.41, 5.74) is 5.76. The molecule has 1 N–H and O–H groups in total. The summed E-state index contributed by atoms with van der Waals surface area (Å²) in [5, 5.41) is 8.11. The highest BCUT2D eigenvalue weighted by molar-refractivity contribution is 7.12. The number of benzene rings is 1. The van der Waals surface area contributed by atoms with Crippen LogP contribution in [0.5, 0.6) is 0 Å². The Morgan fingerprint density at radius 2 is 1.89 bits per heavy atom. The lowest BCUT2D eigenvalue weighted by Crippen LogP contribution is -2.35. The molecule has 4 rings (SSSR count). The summed E-state index contributed by atoms with van der Waals surface area (Å²) in [6.07, 6.45) is 1.69. The molecule has 0 aliphatic heterocycles. The molecule has 0 unspecified atom stereocenters. The van der Waals surface area contributed by atoms with E-state index in [9.17, 15) is 9.59 Å². The molecule has 3 heterocycles. The molecule has 0 aliphatic carbocycles. The van der Waals surface area contributed by atoms with Crippen LogP contribution in [-0.2, 0) is 4.79 Å². The quantitative estimate of drug-likeness (QED) is 0.378. The molecule has 7 nitrogen and oxygen atoms in total. The van der Waals surface area contributed by atoms with E-state index in [4.69, 9.17) is 4.98 Å². The number of anilines is 1. The monoisotopic (exact) mass is 489 g/mol. The van der Waals surface area contributed by atoms with Gasteiger partial charge in [0.1, 0.15) is 0 Å². The van der Waals surface area contributed by atoms with Crippen molar-refractivity contribution >= 4 is 39.9 Å². The van der Waals surface area contributed by atoms with Crippen LogP contribution < -0.4 is 5.32 Å². The first-order valence-corrected chi connectivity index (χ1v) is 12.5. The Bertz CT molecular complexity index is 1430. The van der Waals surface area contributed by atoms with Gasteiger partial charge in [-0.15, -0.1) is 11.3 Å². The molecule has 0 fully saturated rings. The van der Waals surface area contributed by atoms with Gasteiger partial charge in [-0.3, -0.25) is 9.59 Å². The van der Waals surface area contributed by atoms with Gasteiger partial charge in [0.25, 0.3) is 5.91 Å². The number of pyridine rings is 1. The van der Waals surface area contributed by atoms with Gasteiger partial charge in [-0.25, -0.2) is 9.67 Å². The predicted molar refractivity (Wildman–Crippen MR) is 142 cm³/mol. The van der Waals surface area contributed by atoms with Crippen molar-refractivity contribution in [2.45, 2.75) is 47.6 Å². The van der Waals surface area contributed by atoms with Crippen molar-refractivity contribution in [3.05, 3.63) is 63.0 Å². The Morgan fingerprint density at radius 3 is 2.54 bits per heavy atom. The van der Waals surface area contributed by atoms with Crippen LogP contribution in [0.15, 0.2) is 36.5 Å². The van der Waals surface area contributed by atoms with E-state index in [-0.39, 0.29) is 24.4 Å². The zero-order chi connectivity index (χ0) is 25.4. The Hall–Kier alpha value is -3.52. The van der Waals surface area contributed by atoms with Crippen LogP contribution >= 0.6 is 11.3 Å². The Morgan fingerprint density at radius 1 is 1.14 bits per heavy atom. The number of aromatic nitrogens is 3. The molecule has 4 aromatic rings. The summed E-state index contributed by atoms with van der Waals surface area (Å²) in [5.74, 6) is -0.495. The van der Waals surface area contributed by atoms with Gasteiger partial charge in [-0.2, -0.15) is 5.10 Å². The topological polar surface area (TPSA) is 80.1 Å². The minimum Gasteiger partial charge on any atom is -0.332 e. The largest absolute Gasteiger partial charge is 0.332 e. The first kappa shape index (κ1) is 24.6. The minimum atomic E-state index is -0.248. The Labute approximate surface area is 209 Å². The second kappa shape index (κ2) is 9.62. The molecule has 3 aromatic heterocycles. The van der Waals surface area contributed by atoms with Crippen molar-refractivity contribution < 1.29 is 9.59 Å². The van der Waals surface area contributed by atoms with E-state index < -0.39 is 0 Å². The van der Waals surface area contributed by atoms with E-state index in [1.54, 1.807) is 24.6 Å². The normalized spacial score (nSPS) is 11.3. The smallest absolute Gasteiger partial charge is 0.254 e. The minimum absolute atomic E-state index is 0.0692. The fourth-order valence-electron chi connectivity index (χ4n) is 4.17. The number of nitrogens with one attached hydrogen (secondary N) is 1. The Kier molecular flexibility index (Phi) is 6.76. The van der Waals surface area contributed by atoms with E-state index in [0.29, 0.717) is 16.6 Å². The third-order valence-electron chi connectivity index (χ3n) is 6.21. The third kappa shape index (κ3) is 4.84. The van der Waals surface area contributed by atoms with Crippen molar-refractivity contribution in [1.82, 2.24) is 19.7 Å². The predicted octanol–water partition coefficient (Wildman–Crippen LogP) is 5.69. The molecule has 35 heavy (non-hydrogen) atoms. The number of fused-ring (bicyclic) bond motifs is 1. The lowest BCUT2D eigenvalue weighted by Gasteiger charge is -2.19. The average Bonchev–Trinajstić information content (AvgIpc) is 3.38. The van der Waals surface area contributed by atoms with E-state index in [0.717, 1.165) is 32.9 Å². The molecule has 0 spiro atoms. The summed E-state index contributed by atoms with van der Waals surface area (Å²) < 4.78 is 1.83. The molecule has 0 bridgehead atoms. The summed E-state index contributed by atoms with van der Waals surface area (Å²) in [6, 6.07) is 9.78. The summed E-state index contributed by atoms with van der Waals surface area (Å²) in [7, 11) is 1.64. The molecule has 1 aromatic carbocycles. The van der Waals surface area contributed by atoms with Crippen molar-refractivity contribution in [3.63, 3.8) is 0 Å². The number of amides is 2. The molecule has 0 atom stereocenters. The maximum atomic E-state index is 13.6. The van der Waals surface area contributed by atoms with Gasteiger partial charge in [-0.05, 0) is 70.9 Å². The number of rotatable bonds is 6. The standard InChI is InChI=1S/C27H31N5O2S/c1-15(2)32-26-22(13-28-32)21(12-24(30-26)20-11-17(4)35-19(20)6)27(34)31(7)14-25(33)29-23-10-8-9-16(3)18(23)5/h8-13,15H,14H2,1-7H3,(H,29,33). The lowest BCUT2D eigenvalue weighted by molar-refractivity contribution is -0.116. The maximum Gasteiger partial charge on any atom is 0.254 e. The average molecular weight is 490 g/mol. The van der Waals surface area contributed by atoms with Gasteiger partial charge >= 0.3 is 0 Å². The molecule has 8 heteroatoms. The number of carbonyl (C=O) groups excluding carboxylic acids is 2. The van der Waals surface area contributed by atoms with Crippen LogP contribution in [0.4, 0.5) is 5.69 Å². The van der Waals surface area contributed by atoms with E-state index in [1.165, 1.54) is 9.78 Å². The zero-order valence-corrected chi connectivity index (χ0v) is 22.1. The number of carbonyl (C=O) groups is 2. The molecule has 0 radical (unpaired) electrons. The van der Waals surface area contributed by atoms with Crippen LogP contribution in [0.2, 0.25) is 0 Å². The van der Waals surface area contributed by atoms with Crippen LogP contribution in [-0.4, -0.2) is 45.1 Å². The third-order valence-corrected chi connectivity index (χ3v) is 7.18. The molecule has 0 saturated carbocycles. The molecule has 182 valence electrons. The molecular weight excluding hydrogens is 458 g/mol. The maximum absolute atomic E-state index is 13.6.